The molecule has 1 aliphatic carbocycles. The van der Waals surface area contributed by atoms with Gasteiger partial charge in [0.1, 0.15) is 0 Å². The summed E-state index contributed by atoms with van der Waals surface area (Å²) in [5, 5.41) is 0.763. The van der Waals surface area contributed by atoms with E-state index in [1.165, 1.54) is 18.5 Å². The molecule has 1 aromatic rings. The van der Waals surface area contributed by atoms with Gasteiger partial charge in [0.15, 0.2) is 0 Å². The number of thiazole rings is 1. The number of methoxy groups -OCH3 is 1. The molecule has 1 heterocycles. The Morgan fingerprint density at radius 3 is 2.82 bits per heavy atom. The number of nitrogens with zero attached hydrogens (tertiary/aromatic N) is 1. The smallest absolute Gasteiger partial charge is 0.274 e. The Morgan fingerprint density at radius 1 is 1.64 bits per heavy atom. The Kier molecular flexibility index (Phi) is 1.89. The van der Waals surface area contributed by atoms with Crippen LogP contribution in [-0.4, -0.2) is 12.1 Å². The lowest BCUT2D eigenvalue weighted by Crippen LogP contribution is -1.82. The standard InChI is InChI=1S/C7H8BrNOS/c1-10-7-9-5(4-2-3-4)6(8)11-7/h4H,2-3H2,1H3. The molecule has 1 aromatic heterocycles. The highest BCUT2D eigenvalue weighted by Gasteiger charge is 2.29. The third-order valence-electron chi connectivity index (χ3n) is 1.73. The van der Waals surface area contributed by atoms with E-state index in [4.69, 9.17) is 4.74 Å². The van der Waals surface area contributed by atoms with E-state index >= 15 is 0 Å². The normalized spacial score (nSPS) is 16.9. The molecule has 0 atom stereocenters. The zero-order valence-electron chi connectivity index (χ0n) is 6.13. The van der Waals surface area contributed by atoms with Crippen molar-refractivity contribution in [3.8, 4) is 5.19 Å². The molecule has 2 nitrogen and oxygen atoms in total. The van der Waals surface area contributed by atoms with E-state index in [1.807, 2.05) is 0 Å². The van der Waals surface area contributed by atoms with Crippen molar-refractivity contribution >= 4 is 27.3 Å². The van der Waals surface area contributed by atoms with E-state index in [9.17, 15) is 0 Å². The van der Waals surface area contributed by atoms with Crippen LogP contribution in [0.4, 0.5) is 0 Å². The Balaban J connectivity index is 2.30. The lowest BCUT2D eigenvalue weighted by Gasteiger charge is -1.88. The molecule has 0 aromatic carbocycles. The van der Waals surface area contributed by atoms with Crippen LogP contribution >= 0.6 is 27.3 Å². The summed E-state index contributed by atoms with van der Waals surface area (Å²) >= 11 is 5.04. The number of ether oxygens (including phenoxy) is 1. The maximum Gasteiger partial charge on any atom is 0.274 e. The van der Waals surface area contributed by atoms with Gasteiger partial charge in [-0.05, 0) is 28.8 Å². The van der Waals surface area contributed by atoms with Gasteiger partial charge in [0, 0.05) is 5.92 Å². The molecule has 1 fully saturated rings. The van der Waals surface area contributed by atoms with Crippen LogP contribution in [0.3, 0.4) is 0 Å². The van der Waals surface area contributed by atoms with Crippen LogP contribution in [0.5, 0.6) is 5.19 Å². The van der Waals surface area contributed by atoms with Crippen LogP contribution in [-0.2, 0) is 0 Å². The molecule has 1 saturated carbocycles. The number of halogens is 1. The van der Waals surface area contributed by atoms with Crippen molar-refractivity contribution < 1.29 is 4.74 Å². The fourth-order valence-electron chi connectivity index (χ4n) is 0.990. The molecular formula is C7H8BrNOS. The molecule has 0 bridgehead atoms. The van der Waals surface area contributed by atoms with Gasteiger partial charge in [-0.2, -0.15) is 0 Å². The Labute approximate surface area is 77.7 Å². The summed E-state index contributed by atoms with van der Waals surface area (Å²) in [5.41, 5.74) is 1.19. The first-order valence-corrected chi connectivity index (χ1v) is 5.12. The zero-order chi connectivity index (χ0) is 7.84. The van der Waals surface area contributed by atoms with E-state index in [1.54, 1.807) is 18.4 Å². The highest BCUT2D eigenvalue weighted by Crippen LogP contribution is 2.45. The van der Waals surface area contributed by atoms with Crippen LogP contribution in [0.15, 0.2) is 3.79 Å². The molecule has 4 heteroatoms. The molecule has 0 unspecified atom stereocenters. The summed E-state index contributed by atoms with van der Waals surface area (Å²) in [5.74, 6) is 0.699. The maximum absolute atomic E-state index is 5.03. The van der Waals surface area contributed by atoms with Crippen LogP contribution in [0.1, 0.15) is 24.5 Å². The van der Waals surface area contributed by atoms with Crippen molar-refractivity contribution in [3.05, 3.63) is 9.48 Å². The predicted molar refractivity (Wildman–Crippen MR) is 48.3 cm³/mol. The lowest BCUT2D eigenvalue weighted by molar-refractivity contribution is 0.410. The van der Waals surface area contributed by atoms with E-state index in [-0.39, 0.29) is 0 Å². The minimum Gasteiger partial charge on any atom is -0.473 e. The Bertz CT molecular complexity index is 269. The van der Waals surface area contributed by atoms with Crippen molar-refractivity contribution in [3.63, 3.8) is 0 Å². The molecule has 2 rings (SSSR count). The summed E-state index contributed by atoms with van der Waals surface area (Å²) < 4.78 is 6.17. The number of aromatic nitrogens is 1. The average Bonchev–Trinajstić information content (AvgIpc) is 2.76. The molecule has 0 saturated heterocycles. The van der Waals surface area contributed by atoms with E-state index in [0.717, 1.165) is 8.98 Å². The van der Waals surface area contributed by atoms with Crippen molar-refractivity contribution in [1.82, 2.24) is 4.98 Å². The highest BCUT2D eigenvalue weighted by atomic mass is 79.9. The topological polar surface area (TPSA) is 22.1 Å². The highest BCUT2D eigenvalue weighted by molar-refractivity contribution is 9.11. The van der Waals surface area contributed by atoms with Crippen molar-refractivity contribution in [1.29, 1.82) is 0 Å². The average molecular weight is 234 g/mol. The molecule has 11 heavy (non-hydrogen) atoms. The fraction of sp³-hybridized carbons (Fsp3) is 0.571. The van der Waals surface area contributed by atoms with Gasteiger partial charge >= 0.3 is 0 Å². The second kappa shape index (κ2) is 2.75. The Hall–Kier alpha value is -0.0900. The minimum atomic E-state index is 0.699. The van der Waals surface area contributed by atoms with Crippen molar-refractivity contribution in [2.45, 2.75) is 18.8 Å². The molecule has 0 radical (unpaired) electrons. The van der Waals surface area contributed by atoms with Crippen molar-refractivity contribution in [2.75, 3.05) is 7.11 Å². The fourth-order valence-corrected chi connectivity index (χ4v) is 2.52. The van der Waals surface area contributed by atoms with Gasteiger partial charge in [-0.3, -0.25) is 0 Å². The van der Waals surface area contributed by atoms with E-state index in [2.05, 4.69) is 20.9 Å². The van der Waals surface area contributed by atoms with Crippen LogP contribution in [0, 0.1) is 0 Å². The van der Waals surface area contributed by atoms with Gasteiger partial charge in [-0.15, -0.1) is 0 Å². The number of hydrogen-bond donors (Lipinski definition) is 0. The van der Waals surface area contributed by atoms with E-state index in [0.29, 0.717) is 5.92 Å². The minimum absolute atomic E-state index is 0.699. The van der Waals surface area contributed by atoms with Gasteiger partial charge < -0.3 is 4.74 Å². The zero-order valence-corrected chi connectivity index (χ0v) is 8.54. The first-order valence-electron chi connectivity index (χ1n) is 3.51. The predicted octanol–water partition coefficient (Wildman–Crippen LogP) is 2.79. The summed E-state index contributed by atoms with van der Waals surface area (Å²) in [6.45, 7) is 0. The second-order valence-electron chi connectivity index (χ2n) is 2.62. The van der Waals surface area contributed by atoms with E-state index < -0.39 is 0 Å². The maximum atomic E-state index is 5.03. The van der Waals surface area contributed by atoms with Gasteiger partial charge in [0.2, 0.25) is 0 Å². The first-order chi connectivity index (χ1) is 5.31. The van der Waals surface area contributed by atoms with Crippen LogP contribution in [0.25, 0.3) is 0 Å². The summed E-state index contributed by atoms with van der Waals surface area (Å²) in [4.78, 5) is 4.34. The first kappa shape index (κ1) is 7.55. The van der Waals surface area contributed by atoms with Gasteiger partial charge in [0.05, 0.1) is 16.6 Å². The largest absolute Gasteiger partial charge is 0.473 e. The van der Waals surface area contributed by atoms with Gasteiger partial charge in [0.25, 0.3) is 5.19 Å². The summed E-state index contributed by atoms with van der Waals surface area (Å²) in [7, 11) is 1.65. The number of rotatable bonds is 2. The molecule has 0 N–H and O–H groups in total. The Morgan fingerprint density at radius 2 is 2.36 bits per heavy atom. The molecule has 1 aliphatic rings. The number of hydrogen-bond acceptors (Lipinski definition) is 3. The van der Waals surface area contributed by atoms with Crippen LogP contribution in [0.2, 0.25) is 0 Å². The quantitative estimate of drug-likeness (QED) is 0.784. The second-order valence-corrected chi connectivity index (χ2v) is 4.90. The van der Waals surface area contributed by atoms with Gasteiger partial charge in [-0.25, -0.2) is 4.98 Å². The molecule has 0 spiro atoms. The summed E-state index contributed by atoms with van der Waals surface area (Å²) in [6, 6.07) is 0. The third-order valence-corrected chi connectivity index (χ3v) is 3.44. The lowest BCUT2D eigenvalue weighted by atomic mass is 10.3. The van der Waals surface area contributed by atoms with Crippen LogP contribution < -0.4 is 4.74 Å². The molecule has 0 aliphatic heterocycles. The van der Waals surface area contributed by atoms with Gasteiger partial charge in [-0.1, -0.05) is 11.3 Å². The summed E-state index contributed by atoms with van der Waals surface area (Å²) in [6.07, 6.45) is 2.57. The molecule has 60 valence electrons. The molecule has 0 amide bonds. The SMILES string of the molecule is COc1nc(C2CC2)c(Br)s1. The monoisotopic (exact) mass is 233 g/mol. The van der Waals surface area contributed by atoms with Crippen molar-refractivity contribution in [2.24, 2.45) is 0 Å². The molecular weight excluding hydrogens is 226 g/mol. The third kappa shape index (κ3) is 1.42.